The molecule has 1 saturated heterocycles. The lowest BCUT2D eigenvalue weighted by atomic mass is 9.91. The van der Waals surface area contributed by atoms with E-state index in [1.54, 1.807) is 0 Å². The molecule has 0 aliphatic carbocycles. The van der Waals surface area contributed by atoms with Gasteiger partial charge in [-0.3, -0.25) is 4.90 Å². The highest BCUT2D eigenvalue weighted by Crippen LogP contribution is 2.25. The molecular formula is C16H28N2S. The molecule has 3 heteroatoms. The molecule has 1 aliphatic heterocycles. The van der Waals surface area contributed by atoms with Crippen molar-refractivity contribution in [1.82, 2.24) is 10.2 Å². The second kappa shape index (κ2) is 5.94. The monoisotopic (exact) mass is 280 g/mol. The van der Waals surface area contributed by atoms with Crippen LogP contribution in [0.4, 0.5) is 0 Å². The van der Waals surface area contributed by atoms with E-state index in [1.807, 2.05) is 11.3 Å². The Morgan fingerprint density at radius 3 is 2.74 bits per heavy atom. The predicted molar refractivity (Wildman–Crippen MR) is 84.9 cm³/mol. The third kappa shape index (κ3) is 3.80. The summed E-state index contributed by atoms with van der Waals surface area (Å²) in [6, 6.07) is 5.70. The molecule has 1 aromatic heterocycles. The highest BCUT2D eigenvalue weighted by molar-refractivity contribution is 7.09. The van der Waals surface area contributed by atoms with Crippen molar-refractivity contribution in [1.29, 1.82) is 0 Å². The van der Waals surface area contributed by atoms with Crippen molar-refractivity contribution >= 4 is 11.3 Å². The van der Waals surface area contributed by atoms with Crippen LogP contribution in [0.3, 0.4) is 0 Å². The minimum absolute atomic E-state index is 0.231. The van der Waals surface area contributed by atoms with Gasteiger partial charge in [0.25, 0.3) is 0 Å². The summed E-state index contributed by atoms with van der Waals surface area (Å²) in [5, 5.41) is 5.88. The van der Waals surface area contributed by atoms with Gasteiger partial charge in [0.15, 0.2) is 0 Å². The van der Waals surface area contributed by atoms with Gasteiger partial charge < -0.3 is 5.32 Å². The van der Waals surface area contributed by atoms with Crippen molar-refractivity contribution < 1.29 is 0 Å². The van der Waals surface area contributed by atoms with E-state index in [9.17, 15) is 0 Å². The Kier molecular flexibility index (Phi) is 4.70. The SMILES string of the molecule is CC(C)C1CNC(C)(C)CN1C(C)Cc1cccs1. The van der Waals surface area contributed by atoms with E-state index in [2.05, 4.69) is 62.3 Å². The Morgan fingerprint density at radius 1 is 1.42 bits per heavy atom. The number of nitrogens with zero attached hydrogens (tertiary/aromatic N) is 1. The van der Waals surface area contributed by atoms with Crippen molar-refractivity contribution in [3.05, 3.63) is 22.4 Å². The Morgan fingerprint density at radius 2 is 2.16 bits per heavy atom. The molecule has 1 N–H and O–H groups in total. The molecule has 0 amide bonds. The summed E-state index contributed by atoms with van der Waals surface area (Å²) in [6.07, 6.45) is 1.18. The fourth-order valence-electron chi connectivity index (χ4n) is 3.07. The smallest absolute Gasteiger partial charge is 0.0253 e. The summed E-state index contributed by atoms with van der Waals surface area (Å²) >= 11 is 1.88. The van der Waals surface area contributed by atoms with Crippen LogP contribution in [0, 0.1) is 5.92 Å². The van der Waals surface area contributed by atoms with Crippen LogP contribution in [-0.2, 0) is 6.42 Å². The van der Waals surface area contributed by atoms with Gasteiger partial charge in [-0.05, 0) is 44.6 Å². The molecule has 0 aromatic carbocycles. The molecule has 1 fully saturated rings. The molecule has 0 spiro atoms. The maximum Gasteiger partial charge on any atom is 0.0253 e. The number of nitrogens with one attached hydrogen (secondary N) is 1. The van der Waals surface area contributed by atoms with Gasteiger partial charge in [0.1, 0.15) is 0 Å². The molecule has 2 unspecified atom stereocenters. The molecular weight excluding hydrogens is 252 g/mol. The zero-order valence-corrected chi connectivity index (χ0v) is 13.8. The molecule has 0 bridgehead atoms. The number of rotatable bonds is 4. The first kappa shape index (κ1) is 15.0. The highest BCUT2D eigenvalue weighted by Gasteiger charge is 2.36. The van der Waals surface area contributed by atoms with Crippen molar-refractivity contribution in [2.75, 3.05) is 13.1 Å². The zero-order chi connectivity index (χ0) is 14.0. The number of thiophene rings is 1. The Bertz CT molecular complexity index is 383. The van der Waals surface area contributed by atoms with E-state index in [-0.39, 0.29) is 5.54 Å². The lowest BCUT2D eigenvalue weighted by molar-refractivity contribution is 0.0380. The van der Waals surface area contributed by atoms with Crippen molar-refractivity contribution in [3.63, 3.8) is 0 Å². The van der Waals surface area contributed by atoms with E-state index in [1.165, 1.54) is 11.3 Å². The van der Waals surface area contributed by atoms with Crippen LogP contribution in [0.5, 0.6) is 0 Å². The second-order valence-electron chi connectivity index (χ2n) is 6.88. The predicted octanol–water partition coefficient (Wildman–Crippen LogP) is 3.39. The third-order valence-electron chi connectivity index (χ3n) is 4.21. The first-order valence-electron chi connectivity index (χ1n) is 7.42. The summed E-state index contributed by atoms with van der Waals surface area (Å²) in [6.45, 7) is 14.0. The fraction of sp³-hybridized carbons (Fsp3) is 0.750. The maximum atomic E-state index is 3.69. The topological polar surface area (TPSA) is 15.3 Å². The summed E-state index contributed by atoms with van der Waals surface area (Å²) in [4.78, 5) is 4.23. The van der Waals surface area contributed by atoms with Gasteiger partial charge in [-0.2, -0.15) is 0 Å². The van der Waals surface area contributed by atoms with Crippen LogP contribution in [0.1, 0.15) is 39.5 Å². The molecule has 1 aromatic rings. The third-order valence-corrected chi connectivity index (χ3v) is 5.10. The summed E-state index contributed by atoms with van der Waals surface area (Å²) in [5.74, 6) is 0.703. The van der Waals surface area contributed by atoms with Gasteiger partial charge in [-0.1, -0.05) is 19.9 Å². The number of hydrogen-bond donors (Lipinski definition) is 1. The molecule has 2 atom stereocenters. The lowest BCUT2D eigenvalue weighted by Gasteiger charge is -2.49. The van der Waals surface area contributed by atoms with Gasteiger partial charge >= 0.3 is 0 Å². The van der Waals surface area contributed by atoms with E-state index >= 15 is 0 Å². The van der Waals surface area contributed by atoms with Crippen molar-refractivity contribution in [2.24, 2.45) is 5.92 Å². The summed E-state index contributed by atoms with van der Waals surface area (Å²) in [5.41, 5.74) is 0.231. The average molecular weight is 280 g/mol. The highest BCUT2D eigenvalue weighted by atomic mass is 32.1. The molecule has 0 radical (unpaired) electrons. The molecule has 2 rings (SSSR count). The second-order valence-corrected chi connectivity index (χ2v) is 7.91. The molecule has 2 heterocycles. The molecule has 0 saturated carbocycles. The summed E-state index contributed by atoms with van der Waals surface area (Å²) < 4.78 is 0. The zero-order valence-electron chi connectivity index (χ0n) is 12.9. The van der Waals surface area contributed by atoms with Gasteiger partial charge in [0, 0.05) is 35.6 Å². The molecule has 108 valence electrons. The van der Waals surface area contributed by atoms with Crippen LogP contribution >= 0.6 is 11.3 Å². The van der Waals surface area contributed by atoms with Gasteiger partial charge in [-0.25, -0.2) is 0 Å². The average Bonchev–Trinajstić information content (AvgIpc) is 2.80. The lowest BCUT2D eigenvalue weighted by Crippen LogP contribution is -2.65. The van der Waals surface area contributed by atoms with Crippen molar-refractivity contribution in [2.45, 2.75) is 58.7 Å². The van der Waals surface area contributed by atoms with E-state index in [0.717, 1.165) is 13.1 Å². The van der Waals surface area contributed by atoms with Crippen LogP contribution < -0.4 is 5.32 Å². The minimum Gasteiger partial charge on any atom is -0.309 e. The first-order chi connectivity index (χ1) is 8.89. The number of piperazine rings is 1. The van der Waals surface area contributed by atoms with Crippen LogP contribution in [0.25, 0.3) is 0 Å². The quantitative estimate of drug-likeness (QED) is 0.909. The summed E-state index contributed by atoms with van der Waals surface area (Å²) in [7, 11) is 0. The van der Waals surface area contributed by atoms with E-state index < -0.39 is 0 Å². The van der Waals surface area contributed by atoms with E-state index in [4.69, 9.17) is 0 Å². The maximum absolute atomic E-state index is 3.69. The Labute approximate surface area is 122 Å². The van der Waals surface area contributed by atoms with Crippen molar-refractivity contribution in [3.8, 4) is 0 Å². The Hall–Kier alpha value is -0.380. The van der Waals surface area contributed by atoms with Crippen LogP contribution in [-0.4, -0.2) is 35.6 Å². The number of hydrogen-bond acceptors (Lipinski definition) is 3. The standard InChI is InChI=1S/C16H28N2S/c1-12(2)15-10-17-16(4,5)11-18(15)13(3)9-14-7-6-8-19-14/h6-8,12-13,15,17H,9-11H2,1-5H3. The fourth-order valence-corrected chi connectivity index (χ4v) is 3.89. The molecule has 1 aliphatic rings. The van der Waals surface area contributed by atoms with Crippen LogP contribution in [0.15, 0.2) is 17.5 Å². The van der Waals surface area contributed by atoms with E-state index in [0.29, 0.717) is 18.0 Å². The van der Waals surface area contributed by atoms with Gasteiger partial charge in [0.05, 0.1) is 0 Å². The van der Waals surface area contributed by atoms with Gasteiger partial charge in [-0.15, -0.1) is 11.3 Å². The first-order valence-corrected chi connectivity index (χ1v) is 8.30. The molecule has 19 heavy (non-hydrogen) atoms. The normalized spacial score (nSPS) is 25.7. The van der Waals surface area contributed by atoms with Crippen LogP contribution in [0.2, 0.25) is 0 Å². The molecule has 2 nitrogen and oxygen atoms in total. The van der Waals surface area contributed by atoms with Gasteiger partial charge in [0.2, 0.25) is 0 Å². The largest absolute Gasteiger partial charge is 0.309 e. The Balaban J connectivity index is 2.08. The minimum atomic E-state index is 0.231.